The molecule has 0 aliphatic rings. The summed E-state index contributed by atoms with van der Waals surface area (Å²) in [6, 6.07) is 5.15. The average molecular weight is 409 g/mol. The minimum Gasteiger partial charge on any atom is -0.356 e. The van der Waals surface area contributed by atoms with Gasteiger partial charge in [0.05, 0.1) is 15.4 Å². The molecule has 0 aliphatic heterocycles. The molecule has 3 rings (SSSR count). The molecule has 0 radical (unpaired) electrons. The van der Waals surface area contributed by atoms with Crippen molar-refractivity contribution in [3.05, 3.63) is 70.6 Å². The molecule has 10 heteroatoms. The SMILES string of the molecule is Cc1nc(NC(c2ccc(F)c(F)c2)c2nc([S@](C)(=N)=O)c(C)[nH]2)ccc1F. The van der Waals surface area contributed by atoms with E-state index in [4.69, 9.17) is 4.78 Å². The van der Waals surface area contributed by atoms with Crippen molar-refractivity contribution < 1.29 is 17.4 Å². The van der Waals surface area contributed by atoms with Gasteiger partial charge in [0.1, 0.15) is 23.5 Å². The molecule has 148 valence electrons. The van der Waals surface area contributed by atoms with Crippen LogP contribution in [0.1, 0.15) is 28.8 Å². The molecule has 2 heterocycles. The fraction of sp³-hybridized carbons (Fsp3) is 0.222. The fourth-order valence-corrected chi connectivity index (χ4v) is 3.66. The van der Waals surface area contributed by atoms with Gasteiger partial charge in [0.25, 0.3) is 0 Å². The molecule has 0 aliphatic carbocycles. The van der Waals surface area contributed by atoms with Crippen LogP contribution < -0.4 is 5.32 Å². The number of aryl methyl sites for hydroxylation is 2. The third-order valence-corrected chi connectivity index (χ3v) is 5.23. The first-order valence-electron chi connectivity index (χ1n) is 8.21. The van der Waals surface area contributed by atoms with Crippen molar-refractivity contribution in [2.75, 3.05) is 11.6 Å². The number of hydrogen-bond acceptors (Lipinski definition) is 5. The maximum atomic E-state index is 13.8. The van der Waals surface area contributed by atoms with Crippen LogP contribution in [0.15, 0.2) is 35.4 Å². The van der Waals surface area contributed by atoms with E-state index in [-0.39, 0.29) is 22.4 Å². The van der Waals surface area contributed by atoms with Gasteiger partial charge in [-0.15, -0.1) is 0 Å². The highest BCUT2D eigenvalue weighted by molar-refractivity contribution is 7.91. The summed E-state index contributed by atoms with van der Waals surface area (Å²) in [5.74, 6) is -2.00. The highest BCUT2D eigenvalue weighted by Gasteiger charge is 2.23. The largest absolute Gasteiger partial charge is 0.356 e. The number of aromatic nitrogens is 3. The van der Waals surface area contributed by atoms with E-state index in [1.165, 1.54) is 31.4 Å². The molecule has 0 fully saturated rings. The summed E-state index contributed by atoms with van der Waals surface area (Å²) in [5.41, 5.74) is 0.902. The van der Waals surface area contributed by atoms with E-state index >= 15 is 0 Å². The predicted octanol–water partition coefficient (Wildman–Crippen LogP) is 4.08. The third-order valence-electron chi connectivity index (χ3n) is 4.09. The van der Waals surface area contributed by atoms with Crippen LogP contribution in [0.2, 0.25) is 0 Å². The second-order valence-corrected chi connectivity index (χ2v) is 8.48. The molecule has 0 spiro atoms. The van der Waals surface area contributed by atoms with Crippen molar-refractivity contribution in [1.82, 2.24) is 15.0 Å². The number of nitrogens with one attached hydrogen (secondary N) is 3. The van der Waals surface area contributed by atoms with E-state index < -0.39 is 33.2 Å². The van der Waals surface area contributed by atoms with Gasteiger partial charge in [0.2, 0.25) is 0 Å². The van der Waals surface area contributed by atoms with E-state index in [9.17, 15) is 17.4 Å². The van der Waals surface area contributed by atoms with Crippen LogP contribution >= 0.6 is 0 Å². The molecule has 0 saturated heterocycles. The molecule has 28 heavy (non-hydrogen) atoms. The summed E-state index contributed by atoms with van der Waals surface area (Å²) in [6.45, 7) is 3.11. The highest BCUT2D eigenvalue weighted by atomic mass is 32.2. The number of nitrogens with zero attached hydrogens (tertiary/aromatic N) is 2. The van der Waals surface area contributed by atoms with E-state index in [1.807, 2.05) is 0 Å². The van der Waals surface area contributed by atoms with Crippen LogP contribution in [0.3, 0.4) is 0 Å². The second-order valence-electron chi connectivity index (χ2n) is 6.41. The van der Waals surface area contributed by atoms with Crippen molar-refractivity contribution >= 4 is 15.5 Å². The van der Waals surface area contributed by atoms with Crippen LogP contribution in [0.4, 0.5) is 19.0 Å². The number of aromatic amines is 1. The predicted molar refractivity (Wildman–Crippen MR) is 99.1 cm³/mol. The van der Waals surface area contributed by atoms with E-state index in [0.717, 1.165) is 12.1 Å². The molecule has 6 nitrogen and oxygen atoms in total. The molecule has 2 aromatic heterocycles. The zero-order valence-corrected chi connectivity index (χ0v) is 16.1. The second kappa shape index (κ2) is 7.27. The Bertz CT molecular complexity index is 1140. The molecule has 0 amide bonds. The van der Waals surface area contributed by atoms with Crippen molar-refractivity contribution in [3.63, 3.8) is 0 Å². The van der Waals surface area contributed by atoms with Gasteiger partial charge in [-0.25, -0.2) is 32.1 Å². The minimum atomic E-state index is -3.10. The molecule has 3 aromatic rings. The Morgan fingerprint density at radius 1 is 1.07 bits per heavy atom. The monoisotopic (exact) mass is 409 g/mol. The number of halogens is 3. The Kier molecular flexibility index (Phi) is 5.16. The molecular weight excluding hydrogens is 391 g/mol. The molecule has 1 aromatic carbocycles. The molecule has 3 N–H and O–H groups in total. The van der Waals surface area contributed by atoms with E-state index in [0.29, 0.717) is 11.3 Å². The summed E-state index contributed by atoms with van der Waals surface area (Å²) in [5, 5.41) is 3.07. The lowest BCUT2D eigenvalue weighted by molar-refractivity contribution is 0.506. The average Bonchev–Trinajstić information content (AvgIpc) is 3.00. The normalized spacial score (nSPS) is 14.5. The van der Waals surface area contributed by atoms with Crippen LogP contribution in [0, 0.1) is 36.1 Å². The first-order valence-corrected chi connectivity index (χ1v) is 10.2. The summed E-state index contributed by atoms with van der Waals surface area (Å²) >= 11 is 0. The maximum absolute atomic E-state index is 13.8. The number of pyridine rings is 1. The van der Waals surface area contributed by atoms with Gasteiger partial charge in [0, 0.05) is 11.9 Å². The van der Waals surface area contributed by atoms with Gasteiger partial charge >= 0.3 is 0 Å². The van der Waals surface area contributed by atoms with Gasteiger partial charge < -0.3 is 10.3 Å². The Hall–Kier alpha value is -2.88. The Morgan fingerprint density at radius 3 is 2.32 bits per heavy atom. The number of H-pyrrole nitrogens is 1. The number of hydrogen-bond donors (Lipinski definition) is 3. The minimum absolute atomic E-state index is 0.0696. The summed E-state index contributed by atoms with van der Waals surface area (Å²) in [4.78, 5) is 11.3. The fourth-order valence-electron chi connectivity index (χ4n) is 2.76. The Morgan fingerprint density at radius 2 is 1.75 bits per heavy atom. The van der Waals surface area contributed by atoms with Crippen LogP contribution in [0.25, 0.3) is 0 Å². The van der Waals surface area contributed by atoms with Gasteiger partial charge in [-0.3, -0.25) is 0 Å². The van der Waals surface area contributed by atoms with Crippen molar-refractivity contribution in [3.8, 4) is 0 Å². The Balaban J connectivity index is 2.11. The first kappa shape index (κ1) is 19.9. The number of anilines is 1. The summed E-state index contributed by atoms with van der Waals surface area (Å²) in [6.07, 6.45) is 1.24. The molecule has 0 saturated carbocycles. The van der Waals surface area contributed by atoms with E-state index in [2.05, 4.69) is 20.3 Å². The molecular formula is C18H18F3N5OS. The zero-order chi connectivity index (χ0) is 20.6. The lowest BCUT2D eigenvalue weighted by Crippen LogP contribution is -2.16. The third kappa shape index (κ3) is 4.01. The van der Waals surface area contributed by atoms with Gasteiger partial charge in [-0.1, -0.05) is 6.07 Å². The number of imidazole rings is 1. The molecule has 0 bridgehead atoms. The first-order chi connectivity index (χ1) is 13.1. The van der Waals surface area contributed by atoms with Crippen molar-refractivity contribution in [1.29, 1.82) is 4.78 Å². The maximum Gasteiger partial charge on any atom is 0.159 e. The van der Waals surface area contributed by atoms with Crippen LogP contribution in [0.5, 0.6) is 0 Å². The summed E-state index contributed by atoms with van der Waals surface area (Å²) in [7, 11) is -3.10. The Labute approximate surface area is 160 Å². The lowest BCUT2D eigenvalue weighted by Gasteiger charge is -2.18. The van der Waals surface area contributed by atoms with Crippen molar-refractivity contribution in [2.45, 2.75) is 24.9 Å². The topological polar surface area (TPSA) is 94.5 Å². The van der Waals surface area contributed by atoms with Gasteiger partial charge in [0.15, 0.2) is 16.7 Å². The molecule has 2 atom stereocenters. The van der Waals surface area contributed by atoms with Crippen molar-refractivity contribution in [2.24, 2.45) is 0 Å². The van der Waals surface area contributed by atoms with E-state index in [1.54, 1.807) is 6.92 Å². The summed E-state index contributed by atoms with van der Waals surface area (Å²) < 4.78 is 60.6. The number of rotatable bonds is 5. The lowest BCUT2D eigenvalue weighted by atomic mass is 10.1. The van der Waals surface area contributed by atoms with Crippen LogP contribution in [-0.2, 0) is 9.73 Å². The zero-order valence-electron chi connectivity index (χ0n) is 15.3. The molecule has 1 unspecified atom stereocenters. The number of benzene rings is 1. The van der Waals surface area contributed by atoms with Gasteiger partial charge in [-0.05, 0) is 43.7 Å². The quantitative estimate of drug-likeness (QED) is 0.592. The van der Waals surface area contributed by atoms with Gasteiger partial charge in [-0.2, -0.15) is 0 Å². The van der Waals surface area contributed by atoms with Crippen LogP contribution in [-0.4, -0.2) is 25.4 Å². The highest BCUT2D eigenvalue weighted by Crippen LogP contribution is 2.28. The smallest absolute Gasteiger partial charge is 0.159 e. The standard InChI is InChI=1S/C18H18F3N5OS/c1-9-12(19)6-7-15(23-9)25-16(11-4-5-13(20)14(21)8-11)17-24-10(2)18(26-17)28(3,22)27/h4-8,16,22H,1-3H3,(H,23,25)(H,24,26)/t16?,28-/m1/s1.